The van der Waals surface area contributed by atoms with Gasteiger partial charge in [0.2, 0.25) is 0 Å². The number of nitrogens with zero attached hydrogens (tertiary/aromatic N) is 3. The molecule has 1 aromatic heterocycles. The summed E-state index contributed by atoms with van der Waals surface area (Å²) in [6, 6.07) is 7.77. The van der Waals surface area contributed by atoms with Gasteiger partial charge in [-0.25, -0.2) is 4.98 Å². The van der Waals surface area contributed by atoms with Crippen LogP contribution in [0.1, 0.15) is 29.8 Å². The fourth-order valence-corrected chi connectivity index (χ4v) is 2.12. The highest BCUT2D eigenvalue weighted by atomic mass is 16.2. The van der Waals surface area contributed by atoms with E-state index in [-0.39, 0.29) is 5.91 Å². The van der Waals surface area contributed by atoms with Crippen LogP contribution in [-0.2, 0) is 6.54 Å². The van der Waals surface area contributed by atoms with Crippen LogP contribution < -0.4 is 0 Å². The van der Waals surface area contributed by atoms with Crippen LogP contribution in [0.4, 0.5) is 0 Å². The molecule has 0 aliphatic heterocycles. The van der Waals surface area contributed by atoms with Gasteiger partial charge in [0, 0.05) is 37.6 Å². The molecule has 0 spiro atoms. The number of aromatic nitrogens is 2. The van der Waals surface area contributed by atoms with Crippen molar-refractivity contribution in [3.63, 3.8) is 0 Å². The summed E-state index contributed by atoms with van der Waals surface area (Å²) in [6.07, 6.45) is 5.41. The van der Waals surface area contributed by atoms with E-state index < -0.39 is 0 Å². The summed E-state index contributed by atoms with van der Waals surface area (Å²) in [7, 11) is 0. The quantitative estimate of drug-likeness (QED) is 0.825. The molecule has 0 saturated heterocycles. The lowest BCUT2D eigenvalue weighted by Gasteiger charge is -2.20. The lowest BCUT2D eigenvalue weighted by Crippen LogP contribution is -2.31. The zero-order chi connectivity index (χ0) is 13.7. The molecule has 4 heteroatoms. The third-order valence-electron chi connectivity index (χ3n) is 3.21. The minimum atomic E-state index is 0.0979. The molecule has 0 bridgehead atoms. The highest BCUT2D eigenvalue weighted by Gasteiger charge is 2.15. The molecular weight excluding hydrogens is 238 g/mol. The molecule has 0 atom stereocenters. The number of benzene rings is 1. The highest BCUT2D eigenvalue weighted by molar-refractivity contribution is 5.95. The van der Waals surface area contributed by atoms with Crippen molar-refractivity contribution in [2.75, 3.05) is 13.1 Å². The van der Waals surface area contributed by atoms with E-state index in [1.54, 1.807) is 12.5 Å². The van der Waals surface area contributed by atoms with Crippen molar-refractivity contribution in [3.05, 3.63) is 54.1 Å². The van der Waals surface area contributed by atoms with Crippen LogP contribution in [0.15, 0.2) is 43.0 Å². The third-order valence-corrected chi connectivity index (χ3v) is 3.21. The Morgan fingerprint density at radius 3 is 2.63 bits per heavy atom. The number of hydrogen-bond donors (Lipinski definition) is 0. The summed E-state index contributed by atoms with van der Waals surface area (Å²) >= 11 is 0. The number of imidazole rings is 1. The summed E-state index contributed by atoms with van der Waals surface area (Å²) < 4.78 is 1.97. The average Bonchev–Trinajstić information content (AvgIpc) is 2.93. The Morgan fingerprint density at radius 2 is 2.00 bits per heavy atom. The van der Waals surface area contributed by atoms with E-state index in [4.69, 9.17) is 0 Å². The first-order chi connectivity index (χ1) is 9.26. The zero-order valence-electron chi connectivity index (χ0n) is 11.4. The summed E-state index contributed by atoms with van der Waals surface area (Å²) in [5, 5.41) is 0. The van der Waals surface area contributed by atoms with Crippen molar-refractivity contribution in [3.8, 4) is 0 Å². The van der Waals surface area contributed by atoms with Crippen LogP contribution in [-0.4, -0.2) is 33.4 Å². The molecule has 100 valence electrons. The summed E-state index contributed by atoms with van der Waals surface area (Å²) in [5.74, 6) is 0.0979. The topological polar surface area (TPSA) is 38.1 Å². The van der Waals surface area contributed by atoms with Crippen molar-refractivity contribution < 1.29 is 4.79 Å². The molecule has 0 aliphatic rings. The van der Waals surface area contributed by atoms with Crippen molar-refractivity contribution in [2.45, 2.75) is 20.4 Å². The third kappa shape index (κ3) is 3.02. The Kier molecular flexibility index (Phi) is 4.34. The molecule has 0 unspecified atom stereocenters. The molecule has 1 aromatic carbocycles. The van der Waals surface area contributed by atoms with E-state index in [0.29, 0.717) is 6.54 Å². The molecule has 2 aromatic rings. The first-order valence-electron chi connectivity index (χ1n) is 6.59. The van der Waals surface area contributed by atoms with Crippen LogP contribution in [0.2, 0.25) is 0 Å². The number of hydrogen-bond acceptors (Lipinski definition) is 2. The maximum absolute atomic E-state index is 12.5. The standard InChI is InChI=1S/C15H19N3O/c1-3-18(4-2)15(19)14-8-6-5-7-13(14)11-17-10-9-16-12-17/h5-10,12H,3-4,11H2,1-2H3. The molecule has 2 rings (SSSR count). The van der Waals surface area contributed by atoms with Crippen molar-refractivity contribution in [1.82, 2.24) is 14.5 Å². The Morgan fingerprint density at radius 1 is 1.26 bits per heavy atom. The second kappa shape index (κ2) is 6.18. The van der Waals surface area contributed by atoms with Gasteiger partial charge < -0.3 is 9.47 Å². The molecular formula is C15H19N3O. The number of carbonyl (C=O) groups is 1. The molecule has 1 amide bonds. The minimum absolute atomic E-state index is 0.0979. The second-order valence-corrected chi connectivity index (χ2v) is 4.37. The Balaban J connectivity index is 2.28. The zero-order valence-corrected chi connectivity index (χ0v) is 11.4. The molecule has 4 nitrogen and oxygen atoms in total. The van der Waals surface area contributed by atoms with Gasteiger partial charge >= 0.3 is 0 Å². The largest absolute Gasteiger partial charge is 0.339 e. The van der Waals surface area contributed by atoms with Gasteiger partial charge in [0.25, 0.3) is 5.91 Å². The average molecular weight is 257 g/mol. The first kappa shape index (κ1) is 13.3. The molecule has 19 heavy (non-hydrogen) atoms. The van der Waals surface area contributed by atoms with E-state index >= 15 is 0 Å². The summed E-state index contributed by atoms with van der Waals surface area (Å²) in [4.78, 5) is 18.3. The summed E-state index contributed by atoms with van der Waals surface area (Å²) in [6.45, 7) is 6.13. The summed E-state index contributed by atoms with van der Waals surface area (Å²) in [5.41, 5.74) is 1.80. The van der Waals surface area contributed by atoms with Gasteiger partial charge in [0.15, 0.2) is 0 Å². The lowest BCUT2D eigenvalue weighted by atomic mass is 10.1. The highest BCUT2D eigenvalue weighted by Crippen LogP contribution is 2.13. The van der Waals surface area contributed by atoms with E-state index in [1.165, 1.54) is 0 Å². The van der Waals surface area contributed by atoms with Gasteiger partial charge in [0.1, 0.15) is 0 Å². The van der Waals surface area contributed by atoms with Crippen molar-refractivity contribution in [1.29, 1.82) is 0 Å². The molecule has 1 heterocycles. The predicted octanol–water partition coefficient (Wildman–Crippen LogP) is 2.41. The molecule has 0 fully saturated rings. The van der Waals surface area contributed by atoms with Gasteiger partial charge in [-0.05, 0) is 25.5 Å². The van der Waals surface area contributed by atoms with E-state index in [0.717, 1.165) is 24.2 Å². The van der Waals surface area contributed by atoms with Gasteiger partial charge in [-0.15, -0.1) is 0 Å². The molecule has 0 N–H and O–H groups in total. The molecule has 0 saturated carbocycles. The fourth-order valence-electron chi connectivity index (χ4n) is 2.12. The smallest absolute Gasteiger partial charge is 0.254 e. The number of rotatable bonds is 5. The van der Waals surface area contributed by atoms with Gasteiger partial charge in [-0.3, -0.25) is 4.79 Å². The van der Waals surface area contributed by atoms with Gasteiger partial charge in [-0.2, -0.15) is 0 Å². The van der Waals surface area contributed by atoms with Crippen LogP contribution >= 0.6 is 0 Å². The van der Waals surface area contributed by atoms with E-state index in [9.17, 15) is 4.79 Å². The Labute approximate surface area is 113 Å². The molecule has 0 radical (unpaired) electrons. The predicted molar refractivity (Wildman–Crippen MR) is 75.0 cm³/mol. The van der Waals surface area contributed by atoms with Crippen LogP contribution in [0.3, 0.4) is 0 Å². The Hall–Kier alpha value is -2.10. The van der Waals surface area contributed by atoms with E-state index in [1.807, 2.05) is 53.8 Å². The monoisotopic (exact) mass is 257 g/mol. The first-order valence-corrected chi connectivity index (χ1v) is 6.59. The second-order valence-electron chi connectivity index (χ2n) is 4.37. The maximum Gasteiger partial charge on any atom is 0.254 e. The number of carbonyl (C=O) groups excluding carboxylic acids is 1. The maximum atomic E-state index is 12.5. The fraction of sp³-hybridized carbons (Fsp3) is 0.333. The van der Waals surface area contributed by atoms with E-state index in [2.05, 4.69) is 4.98 Å². The minimum Gasteiger partial charge on any atom is -0.339 e. The van der Waals surface area contributed by atoms with Crippen LogP contribution in [0.25, 0.3) is 0 Å². The SMILES string of the molecule is CCN(CC)C(=O)c1ccccc1Cn1ccnc1. The normalized spacial score (nSPS) is 10.4. The van der Waals surface area contributed by atoms with Gasteiger partial charge in [0.05, 0.1) is 6.33 Å². The van der Waals surface area contributed by atoms with Crippen molar-refractivity contribution in [2.24, 2.45) is 0 Å². The number of amides is 1. The van der Waals surface area contributed by atoms with Crippen LogP contribution in [0, 0.1) is 0 Å². The Bertz CT molecular complexity index is 530. The molecule has 0 aliphatic carbocycles. The lowest BCUT2D eigenvalue weighted by molar-refractivity contribution is 0.0772. The van der Waals surface area contributed by atoms with Crippen molar-refractivity contribution >= 4 is 5.91 Å². The van der Waals surface area contributed by atoms with Crippen LogP contribution in [0.5, 0.6) is 0 Å². The van der Waals surface area contributed by atoms with Gasteiger partial charge in [-0.1, -0.05) is 18.2 Å².